The first-order chi connectivity index (χ1) is 10.2. The summed E-state index contributed by atoms with van der Waals surface area (Å²) in [4.78, 5) is 17.7. The highest BCUT2D eigenvalue weighted by atomic mass is 16.6. The van der Waals surface area contributed by atoms with Crippen LogP contribution in [0.5, 0.6) is 0 Å². The van der Waals surface area contributed by atoms with Gasteiger partial charge in [0.05, 0.1) is 6.61 Å². The van der Waals surface area contributed by atoms with Crippen molar-refractivity contribution >= 4 is 12.1 Å². The van der Waals surface area contributed by atoms with Crippen LogP contribution in [0.2, 0.25) is 0 Å². The minimum absolute atomic E-state index is 0.196. The normalized spacial score (nSPS) is 16.7. The van der Waals surface area contributed by atoms with Crippen molar-refractivity contribution in [3.8, 4) is 0 Å². The molecule has 0 radical (unpaired) electrons. The molecule has 1 aliphatic rings. The number of hydrogen-bond donors (Lipinski definition) is 2. The van der Waals surface area contributed by atoms with Crippen LogP contribution in [0, 0.1) is 0 Å². The van der Waals surface area contributed by atoms with Crippen LogP contribution in [0.25, 0.3) is 0 Å². The topological polar surface area (TPSA) is 66.0 Å². The molecule has 1 amide bonds. The lowest BCUT2D eigenvalue weighted by atomic mass is 10.1. The molecule has 1 heterocycles. The lowest BCUT2D eigenvalue weighted by molar-refractivity contribution is 0.0963. The quantitative estimate of drug-likeness (QED) is 0.447. The third kappa shape index (κ3) is 6.69. The number of ether oxygens (including phenoxy) is 1. The van der Waals surface area contributed by atoms with E-state index in [2.05, 4.69) is 22.5 Å². The second-order valence-corrected chi connectivity index (χ2v) is 5.31. The van der Waals surface area contributed by atoms with Crippen molar-refractivity contribution in [1.29, 1.82) is 0 Å². The fraction of sp³-hybridized carbons (Fsp3) is 0.867. The van der Waals surface area contributed by atoms with Gasteiger partial charge in [0.25, 0.3) is 0 Å². The Labute approximate surface area is 128 Å². The van der Waals surface area contributed by atoms with E-state index in [1.165, 1.54) is 19.3 Å². The predicted molar refractivity (Wildman–Crippen MR) is 85.6 cm³/mol. The van der Waals surface area contributed by atoms with E-state index in [-0.39, 0.29) is 6.09 Å². The van der Waals surface area contributed by atoms with Gasteiger partial charge in [-0.15, -0.1) is 0 Å². The van der Waals surface area contributed by atoms with Crippen LogP contribution in [-0.4, -0.2) is 56.3 Å². The van der Waals surface area contributed by atoms with Crippen LogP contribution < -0.4 is 10.6 Å². The molecule has 0 saturated carbocycles. The summed E-state index contributed by atoms with van der Waals surface area (Å²) in [7, 11) is 1.79. The monoisotopic (exact) mass is 298 g/mol. The number of unbranched alkanes of at least 4 members (excludes halogenated alkanes) is 2. The molecule has 1 fully saturated rings. The van der Waals surface area contributed by atoms with E-state index >= 15 is 0 Å². The van der Waals surface area contributed by atoms with E-state index < -0.39 is 0 Å². The second-order valence-electron chi connectivity index (χ2n) is 5.31. The van der Waals surface area contributed by atoms with Crippen molar-refractivity contribution in [3.05, 3.63) is 0 Å². The molecule has 0 aromatic heterocycles. The first-order valence-corrected chi connectivity index (χ1v) is 8.10. The van der Waals surface area contributed by atoms with Gasteiger partial charge in [-0.1, -0.05) is 19.8 Å². The van der Waals surface area contributed by atoms with Crippen LogP contribution in [-0.2, 0) is 4.74 Å². The number of carbonyl (C=O) groups excluding carboxylic acids is 1. The molecule has 0 atom stereocenters. The third-order valence-corrected chi connectivity index (χ3v) is 3.66. The Bertz CT molecular complexity index is 326. The summed E-state index contributed by atoms with van der Waals surface area (Å²) in [5.41, 5.74) is 0. The average Bonchev–Trinajstić information content (AvgIpc) is 2.51. The zero-order chi connectivity index (χ0) is 15.5. The fourth-order valence-corrected chi connectivity index (χ4v) is 2.39. The third-order valence-electron chi connectivity index (χ3n) is 3.66. The zero-order valence-corrected chi connectivity index (χ0v) is 13.7. The van der Waals surface area contributed by atoms with Gasteiger partial charge < -0.3 is 20.3 Å². The summed E-state index contributed by atoms with van der Waals surface area (Å²) in [6.45, 7) is 6.90. The van der Waals surface area contributed by atoms with E-state index in [9.17, 15) is 4.79 Å². The van der Waals surface area contributed by atoms with Gasteiger partial charge in [-0.05, 0) is 26.2 Å². The number of aliphatic imine (C=N–C) groups is 1. The van der Waals surface area contributed by atoms with Gasteiger partial charge in [-0.3, -0.25) is 4.99 Å². The molecular weight excluding hydrogens is 268 g/mol. The highest BCUT2D eigenvalue weighted by Gasteiger charge is 2.23. The van der Waals surface area contributed by atoms with Crippen LogP contribution in [0.15, 0.2) is 4.99 Å². The standard InChI is InChI=1S/C15H30N4O2/c1-4-6-7-10-17-14(16-3)18-13-8-11-19(12-9-13)15(20)21-5-2/h13H,4-12H2,1-3H3,(H2,16,17,18). The number of likely N-dealkylation sites (tertiary alicyclic amines) is 1. The number of piperidine rings is 1. The Morgan fingerprint density at radius 3 is 2.57 bits per heavy atom. The first kappa shape index (κ1) is 17.6. The number of carbonyl (C=O) groups is 1. The number of rotatable bonds is 6. The number of guanidine groups is 1. The van der Waals surface area contributed by atoms with Gasteiger partial charge in [0.1, 0.15) is 0 Å². The highest BCUT2D eigenvalue weighted by Crippen LogP contribution is 2.11. The number of hydrogen-bond acceptors (Lipinski definition) is 3. The van der Waals surface area contributed by atoms with E-state index in [1.54, 1.807) is 11.9 Å². The summed E-state index contributed by atoms with van der Waals surface area (Å²) < 4.78 is 5.03. The van der Waals surface area contributed by atoms with Crippen molar-refractivity contribution in [3.63, 3.8) is 0 Å². The van der Waals surface area contributed by atoms with Gasteiger partial charge in [0.2, 0.25) is 0 Å². The highest BCUT2D eigenvalue weighted by molar-refractivity contribution is 5.80. The molecule has 1 saturated heterocycles. The van der Waals surface area contributed by atoms with Crippen molar-refractivity contribution in [2.24, 2.45) is 4.99 Å². The van der Waals surface area contributed by atoms with Gasteiger partial charge in [-0.25, -0.2) is 4.79 Å². The molecule has 0 aromatic rings. The van der Waals surface area contributed by atoms with E-state index in [0.29, 0.717) is 12.6 Å². The Morgan fingerprint density at radius 2 is 2.00 bits per heavy atom. The molecule has 21 heavy (non-hydrogen) atoms. The molecule has 0 aliphatic carbocycles. The maximum atomic E-state index is 11.6. The Hall–Kier alpha value is -1.46. The number of nitrogens with one attached hydrogen (secondary N) is 2. The molecule has 2 N–H and O–H groups in total. The molecule has 1 aliphatic heterocycles. The lowest BCUT2D eigenvalue weighted by Crippen LogP contribution is -2.50. The maximum absolute atomic E-state index is 11.6. The average molecular weight is 298 g/mol. The van der Waals surface area contributed by atoms with Gasteiger partial charge in [-0.2, -0.15) is 0 Å². The van der Waals surface area contributed by atoms with E-state index in [1.807, 2.05) is 6.92 Å². The van der Waals surface area contributed by atoms with Crippen LogP contribution >= 0.6 is 0 Å². The predicted octanol–water partition coefficient (Wildman–Crippen LogP) is 1.96. The van der Waals surface area contributed by atoms with Gasteiger partial charge in [0, 0.05) is 32.7 Å². The molecule has 0 spiro atoms. The van der Waals surface area contributed by atoms with Gasteiger partial charge >= 0.3 is 6.09 Å². The van der Waals surface area contributed by atoms with Crippen LogP contribution in [0.4, 0.5) is 4.79 Å². The van der Waals surface area contributed by atoms with E-state index in [4.69, 9.17) is 4.74 Å². The minimum atomic E-state index is -0.196. The van der Waals surface area contributed by atoms with Crippen molar-refractivity contribution in [2.45, 2.75) is 52.0 Å². The smallest absolute Gasteiger partial charge is 0.409 e. The van der Waals surface area contributed by atoms with Crippen LogP contribution in [0.1, 0.15) is 46.0 Å². The minimum Gasteiger partial charge on any atom is -0.450 e. The molecule has 122 valence electrons. The Morgan fingerprint density at radius 1 is 1.29 bits per heavy atom. The second kappa shape index (κ2) is 10.3. The summed E-state index contributed by atoms with van der Waals surface area (Å²) in [6, 6.07) is 0.369. The molecule has 6 heteroatoms. The van der Waals surface area contributed by atoms with Gasteiger partial charge in [0.15, 0.2) is 5.96 Å². The molecular formula is C15H30N4O2. The fourth-order valence-electron chi connectivity index (χ4n) is 2.39. The Balaban J connectivity index is 2.25. The van der Waals surface area contributed by atoms with Crippen LogP contribution in [0.3, 0.4) is 0 Å². The summed E-state index contributed by atoms with van der Waals surface area (Å²) in [5, 5.41) is 6.77. The number of nitrogens with zero attached hydrogens (tertiary/aromatic N) is 2. The zero-order valence-electron chi connectivity index (χ0n) is 13.7. The molecule has 0 unspecified atom stereocenters. The first-order valence-electron chi connectivity index (χ1n) is 8.10. The summed E-state index contributed by atoms with van der Waals surface area (Å²) in [5.74, 6) is 0.862. The summed E-state index contributed by atoms with van der Waals surface area (Å²) >= 11 is 0. The lowest BCUT2D eigenvalue weighted by Gasteiger charge is -2.32. The Kier molecular flexibility index (Phi) is 8.62. The molecule has 0 bridgehead atoms. The SMILES string of the molecule is CCCCCNC(=NC)NC1CCN(C(=O)OCC)CC1. The van der Waals surface area contributed by atoms with E-state index in [0.717, 1.165) is 38.4 Å². The largest absolute Gasteiger partial charge is 0.450 e. The molecule has 1 rings (SSSR count). The van der Waals surface area contributed by atoms with Crippen molar-refractivity contribution < 1.29 is 9.53 Å². The summed E-state index contributed by atoms with van der Waals surface area (Å²) in [6.07, 6.45) is 5.28. The number of amides is 1. The van der Waals surface area contributed by atoms with Crippen molar-refractivity contribution in [1.82, 2.24) is 15.5 Å². The van der Waals surface area contributed by atoms with Crippen molar-refractivity contribution in [2.75, 3.05) is 33.3 Å². The molecule has 0 aromatic carbocycles. The molecule has 6 nitrogen and oxygen atoms in total. The maximum Gasteiger partial charge on any atom is 0.409 e.